The van der Waals surface area contributed by atoms with Crippen LogP contribution in [0.3, 0.4) is 0 Å². The molecule has 0 aliphatic heterocycles. The van der Waals surface area contributed by atoms with Crippen LogP contribution < -0.4 is 0 Å². The van der Waals surface area contributed by atoms with E-state index in [0.29, 0.717) is 11.5 Å². The lowest BCUT2D eigenvalue weighted by atomic mass is 10.1. The van der Waals surface area contributed by atoms with Crippen LogP contribution >= 0.6 is 11.6 Å². The Morgan fingerprint density at radius 3 is 2.54 bits per heavy atom. The van der Waals surface area contributed by atoms with Crippen LogP contribution in [-0.2, 0) is 6.42 Å². The molecule has 1 aromatic rings. The minimum atomic E-state index is -0.595. The summed E-state index contributed by atoms with van der Waals surface area (Å²) in [5, 5.41) is 9.67. The van der Waals surface area contributed by atoms with E-state index in [1.165, 1.54) is 5.56 Å². The molecule has 0 amide bonds. The lowest BCUT2D eigenvalue weighted by molar-refractivity contribution is 0.209. The van der Waals surface area contributed by atoms with Crippen LogP contribution in [0.5, 0.6) is 0 Å². The molecule has 0 heterocycles. The van der Waals surface area contributed by atoms with E-state index in [-0.39, 0.29) is 0 Å². The summed E-state index contributed by atoms with van der Waals surface area (Å²) in [6.45, 7) is 3.48. The molecule has 0 radical (unpaired) electrons. The predicted molar refractivity (Wildman–Crippen MR) is 55.8 cm³/mol. The first kappa shape index (κ1) is 10.3. The van der Waals surface area contributed by atoms with Gasteiger partial charge >= 0.3 is 0 Å². The van der Waals surface area contributed by atoms with Crippen LogP contribution in [0.1, 0.15) is 12.0 Å². The molecule has 0 aromatic heterocycles. The number of aliphatic hydroxyl groups is 1. The van der Waals surface area contributed by atoms with Crippen molar-refractivity contribution in [3.63, 3.8) is 0 Å². The van der Waals surface area contributed by atoms with Crippen LogP contribution in [0.15, 0.2) is 41.9 Å². The van der Waals surface area contributed by atoms with E-state index in [1.807, 2.05) is 30.3 Å². The van der Waals surface area contributed by atoms with Gasteiger partial charge in [-0.25, -0.2) is 0 Å². The van der Waals surface area contributed by atoms with Crippen molar-refractivity contribution in [2.45, 2.75) is 18.9 Å². The monoisotopic (exact) mass is 196 g/mol. The first-order chi connectivity index (χ1) is 6.20. The largest absolute Gasteiger partial charge is 0.388 e. The zero-order valence-electron chi connectivity index (χ0n) is 7.41. The Labute approximate surface area is 83.7 Å². The molecule has 1 unspecified atom stereocenters. The molecule has 0 fully saturated rings. The maximum atomic E-state index is 9.36. The molecule has 0 aliphatic carbocycles. The average Bonchev–Trinajstić information content (AvgIpc) is 2.15. The third-order valence-electron chi connectivity index (χ3n) is 1.91. The highest BCUT2D eigenvalue weighted by molar-refractivity contribution is 6.29. The minimum Gasteiger partial charge on any atom is -0.388 e. The van der Waals surface area contributed by atoms with Crippen molar-refractivity contribution in [3.8, 4) is 0 Å². The molecule has 0 saturated carbocycles. The third kappa shape index (κ3) is 3.62. The van der Waals surface area contributed by atoms with E-state index < -0.39 is 6.10 Å². The van der Waals surface area contributed by atoms with Gasteiger partial charge in [0.05, 0.1) is 6.10 Å². The number of hydrogen-bond donors (Lipinski definition) is 1. The van der Waals surface area contributed by atoms with Gasteiger partial charge < -0.3 is 5.11 Å². The Balaban J connectivity index is 2.39. The Bertz CT molecular complexity index is 269. The summed E-state index contributed by atoms with van der Waals surface area (Å²) in [5.41, 5.74) is 1.21. The molecule has 1 atom stereocenters. The summed E-state index contributed by atoms with van der Waals surface area (Å²) >= 11 is 5.55. The molecule has 70 valence electrons. The van der Waals surface area contributed by atoms with Gasteiger partial charge in [0.15, 0.2) is 0 Å². The van der Waals surface area contributed by atoms with Gasteiger partial charge in [0.1, 0.15) is 0 Å². The lowest BCUT2D eigenvalue weighted by Gasteiger charge is -2.07. The number of hydrogen-bond acceptors (Lipinski definition) is 1. The van der Waals surface area contributed by atoms with E-state index in [1.54, 1.807) is 0 Å². The van der Waals surface area contributed by atoms with Crippen molar-refractivity contribution in [2.75, 3.05) is 0 Å². The third-order valence-corrected chi connectivity index (χ3v) is 2.16. The van der Waals surface area contributed by atoms with Gasteiger partial charge in [-0.05, 0) is 18.4 Å². The molecule has 1 nitrogen and oxygen atoms in total. The number of halogens is 1. The van der Waals surface area contributed by atoms with Gasteiger partial charge in [0, 0.05) is 5.03 Å². The topological polar surface area (TPSA) is 20.2 Å². The summed E-state index contributed by atoms with van der Waals surface area (Å²) in [6, 6.07) is 10.0. The predicted octanol–water partition coefficient (Wildman–Crippen LogP) is 2.73. The number of aliphatic hydroxyl groups excluding tert-OH is 1. The maximum Gasteiger partial charge on any atom is 0.0892 e. The SMILES string of the molecule is C=C(Cl)C(O)CCc1ccccc1. The highest BCUT2D eigenvalue weighted by Gasteiger charge is 2.05. The zero-order chi connectivity index (χ0) is 9.68. The van der Waals surface area contributed by atoms with E-state index in [4.69, 9.17) is 11.6 Å². The molecule has 0 spiro atoms. The quantitative estimate of drug-likeness (QED) is 0.785. The smallest absolute Gasteiger partial charge is 0.0892 e. The van der Waals surface area contributed by atoms with Crippen LogP contribution in [0, 0.1) is 0 Å². The van der Waals surface area contributed by atoms with Gasteiger partial charge in [-0.15, -0.1) is 0 Å². The Kier molecular flexibility index (Phi) is 4.00. The summed E-state index contributed by atoms with van der Waals surface area (Å²) in [7, 11) is 0. The van der Waals surface area contributed by atoms with E-state index >= 15 is 0 Å². The Morgan fingerprint density at radius 1 is 1.38 bits per heavy atom. The highest BCUT2D eigenvalue weighted by Crippen LogP contribution is 2.12. The zero-order valence-corrected chi connectivity index (χ0v) is 8.17. The maximum absolute atomic E-state index is 9.36. The van der Waals surface area contributed by atoms with E-state index in [2.05, 4.69) is 6.58 Å². The molecule has 1 rings (SSSR count). The number of benzene rings is 1. The summed E-state index contributed by atoms with van der Waals surface area (Å²) < 4.78 is 0. The van der Waals surface area contributed by atoms with Gasteiger partial charge in [0.25, 0.3) is 0 Å². The van der Waals surface area contributed by atoms with Crippen molar-refractivity contribution in [2.24, 2.45) is 0 Å². The fourth-order valence-electron chi connectivity index (χ4n) is 1.10. The summed E-state index contributed by atoms with van der Waals surface area (Å²) in [6.07, 6.45) is 0.863. The summed E-state index contributed by atoms with van der Waals surface area (Å²) in [4.78, 5) is 0. The first-order valence-corrected chi connectivity index (χ1v) is 4.64. The van der Waals surface area contributed by atoms with Crippen LogP contribution in [0.4, 0.5) is 0 Å². The van der Waals surface area contributed by atoms with Crippen molar-refractivity contribution < 1.29 is 5.11 Å². The first-order valence-electron chi connectivity index (χ1n) is 4.26. The standard InChI is InChI=1S/C11H13ClO/c1-9(12)11(13)8-7-10-5-3-2-4-6-10/h2-6,11,13H,1,7-8H2. The second-order valence-corrected chi connectivity index (χ2v) is 3.47. The molecule has 1 N–H and O–H groups in total. The molecule has 0 bridgehead atoms. The molecule has 0 saturated heterocycles. The fraction of sp³-hybridized carbons (Fsp3) is 0.273. The molecule has 13 heavy (non-hydrogen) atoms. The van der Waals surface area contributed by atoms with Crippen LogP contribution in [-0.4, -0.2) is 11.2 Å². The van der Waals surface area contributed by atoms with E-state index in [9.17, 15) is 5.11 Å². The van der Waals surface area contributed by atoms with Gasteiger partial charge in [-0.2, -0.15) is 0 Å². The summed E-state index contributed by atoms with van der Waals surface area (Å²) in [5.74, 6) is 0. The van der Waals surface area contributed by atoms with Crippen molar-refractivity contribution >= 4 is 11.6 Å². The fourth-order valence-corrected chi connectivity index (χ4v) is 1.21. The highest BCUT2D eigenvalue weighted by atomic mass is 35.5. The number of aryl methyl sites for hydroxylation is 1. The van der Waals surface area contributed by atoms with Gasteiger partial charge in [-0.1, -0.05) is 48.5 Å². The molecular formula is C11H13ClO. The Hall–Kier alpha value is -0.790. The van der Waals surface area contributed by atoms with Gasteiger partial charge in [-0.3, -0.25) is 0 Å². The lowest BCUT2D eigenvalue weighted by Crippen LogP contribution is -2.06. The van der Waals surface area contributed by atoms with Crippen LogP contribution in [0.25, 0.3) is 0 Å². The molecular weight excluding hydrogens is 184 g/mol. The normalized spacial score (nSPS) is 12.5. The Morgan fingerprint density at radius 2 is 2.00 bits per heavy atom. The number of rotatable bonds is 4. The average molecular weight is 197 g/mol. The second-order valence-electron chi connectivity index (χ2n) is 2.99. The van der Waals surface area contributed by atoms with E-state index in [0.717, 1.165) is 6.42 Å². The van der Waals surface area contributed by atoms with Crippen LogP contribution in [0.2, 0.25) is 0 Å². The van der Waals surface area contributed by atoms with Gasteiger partial charge in [0.2, 0.25) is 0 Å². The minimum absolute atomic E-state index is 0.316. The molecule has 1 aromatic carbocycles. The van der Waals surface area contributed by atoms with Crippen molar-refractivity contribution in [3.05, 3.63) is 47.5 Å². The van der Waals surface area contributed by atoms with Crippen molar-refractivity contribution in [1.82, 2.24) is 0 Å². The molecule has 2 heteroatoms. The van der Waals surface area contributed by atoms with Crippen molar-refractivity contribution in [1.29, 1.82) is 0 Å². The molecule has 0 aliphatic rings. The second kappa shape index (κ2) is 5.05.